The summed E-state index contributed by atoms with van der Waals surface area (Å²) in [5.74, 6) is 0. The standard InChI is InChI=1S/C11H16OSi/c1-4-11(12)13(2,3)10-8-6-5-7-9-10/h4-9,11-12H,1H2,2-3H3. The highest BCUT2D eigenvalue weighted by Gasteiger charge is 2.29. The Morgan fingerprint density at radius 2 is 1.85 bits per heavy atom. The second-order valence-corrected chi connectivity index (χ2v) is 8.38. The molecule has 0 saturated heterocycles. The zero-order valence-electron chi connectivity index (χ0n) is 8.20. The lowest BCUT2D eigenvalue weighted by molar-refractivity contribution is 0.293. The molecule has 70 valence electrons. The largest absolute Gasteiger partial charge is 0.392 e. The van der Waals surface area contributed by atoms with Crippen molar-refractivity contribution >= 4 is 13.3 Å². The fourth-order valence-electron chi connectivity index (χ4n) is 1.33. The molecule has 1 atom stereocenters. The summed E-state index contributed by atoms with van der Waals surface area (Å²) in [5.41, 5.74) is -0.366. The first kappa shape index (κ1) is 10.2. The maximum absolute atomic E-state index is 9.78. The average molecular weight is 192 g/mol. The highest BCUT2D eigenvalue weighted by Crippen LogP contribution is 2.09. The Bertz CT molecular complexity index is 279. The topological polar surface area (TPSA) is 20.2 Å². The van der Waals surface area contributed by atoms with Gasteiger partial charge in [-0.25, -0.2) is 0 Å². The zero-order chi connectivity index (χ0) is 9.90. The first-order valence-corrected chi connectivity index (χ1v) is 7.53. The first-order chi connectivity index (χ1) is 6.09. The van der Waals surface area contributed by atoms with Gasteiger partial charge in [-0.1, -0.05) is 54.7 Å². The van der Waals surface area contributed by atoms with Gasteiger partial charge in [0.15, 0.2) is 0 Å². The van der Waals surface area contributed by atoms with E-state index >= 15 is 0 Å². The van der Waals surface area contributed by atoms with E-state index in [-0.39, 0.29) is 5.73 Å². The number of hydrogen-bond acceptors (Lipinski definition) is 1. The second-order valence-electron chi connectivity index (χ2n) is 3.77. The van der Waals surface area contributed by atoms with Crippen LogP contribution < -0.4 is 5.19 Å². The van der Waals surface area contributed by atoms with Gasteiger partial charge >= 0.3 is 0 Å². The van der Waals surface area contributed by atoms with Crippen LogP contribution in [0.25, 0.3) is 0 Å². The smallest absolute Gasteiger partial charge is 0.118 e. The van der Waals surface area contributed by atoms with Gasteiger partial charge in [0.2, 0.25) is 0 Å². The zero-order valence-corrected chi connectivity index (χ0v) is 9.20. The maximum Gasteiger partial charge on any atom is 0.118 e. The molecule has 1 N–H and O–H groups in total. The minimum atomic E-state index is -1.75. The second kappa shape index (κ2) is 3.90. The summed E-state index contributed by atoms with van der Waals surface area (Å²) in [4.78, 5) is 0. The molecule has 0 aliphatic heterocycles. The minimum Gasteiger partial charge on any atom is -0.392 e. The quantitative estimate of drug-likeness (QED) is 0.571. The van der Waals surface area contributed by atoms with Gasteiger partial charge in [0, 0.05) is 0 Å². The fraction of sp³-hybridized carbons (Fsp3) is 0.273. The number of rotatable bonds is 3. The molecule has 1 nitrogen and oxygen atoms in total. The van der Waals surface area contributed by atoms with E-state index in [4.69, 9.17) is 0 Å². The molecule has 0 aliphatic rings. The molecule has 2 heteroatoms. The molecular weight excluding hydrogens is 176 g/mol. The Kier molecular flexibility index (Phi) is 3.06. The number of benzene rings is 1. The molecule has 0 saturated carbocycles. The molecule has 0 amide bonds. The number of hydrogen-bond donors (Lipinski definition) is 1. The van der Waals surface area contributed by atoms with Crippen molar-refractivity contribution < 1.29 is 5.11 Å². The van der Waals surface area contributed by atoms with Gasteiger partial charge in [0.1, 0.15) is 8.07 Å². The van der Waals surface area contributed by atoms with Crippen LogP contribution in [0.3, 0.4) is 0 Å². The fourth-order valence-corrected chi connectivity index (χ4v) is 3.32. The monoisotopic (exact) mass is 192 g/mol. The van der Waals surface area contributed by atoms with Crippen LogP contribution in [0.2, 0.25) is 13.1 Å². The van der Waals surface area contributed by atoms with E-state index in [1.54, 1.807) is 6.08 Å². The Balaban J connectivity index is 3.00. The highest BCUT2D eigenvalue weighted by molar-refractivity contribution is 6.91. The lowest BCUT2D eigenvalue weighted by atomic mass is 10.4. The predicted octanol–water partition coefficient (Wildman–Crippen LogP) is 1.69. The minimum absolute atomic E-state index is 0.366. The molecule has 0 radical (unpaired) electrons. The van der Waals surface area contributed by atoms with Crippen LogP contribution in [0.5, 0.6) is 0 Å². The highest BCUT2D eigenvalue weighted by atomic mass is 28.3. The van der Waals surface area contributed by atoms with Crippen LogP contribution >= 0.6 is 0 Å². The van der Waals surface area contributed by atoms with Crippen molar-refractivity contribution in [2.75, 3.05) is 0 Å². The van der Waals surface area contributed by atoms with Crippen molar-refractivity contribution in [3.05, 3.63) is 43.0 Å². The van der Waals surface area contributed by atoms with Gasteiger partial charge in [-0.2, -0.15) is 0 Å². The third kappa shape index (κ3) is 2.08. The van der Waals surface area contributed by atoms with Crippen LogP contribution in [-0.2, 0) is 0 Å². The molecule has 0 aromatic heterocycles. The third-order valence-electron chi connectivity index (χ3n) is 2.48. The van der Waals surface area contributed by atoms with Crippen LogP contribution in [0.15, 0.2) is 43.0 Å². The van der Waals surface area contributed by atoms with E-state index < -0.39 is 8.07 Å². The molecule has 1 unspecified atom stereocenters. The Hall–Kier alpha value is -0.863. The predicted molar refractivity (Wildman–Crippen MR) is 59.8 cm³/mol. The van der Waals surface area contributed by atoms with Gasteiger partial charge in [0.05, 0.1) is 5.73 Å². The van der Waals surface area contributed by atoms with Crippen molar-refractivity contribution in [3.8, 4) is 0 Å². The van der Waals surface area contributed by atoms with Gasteiger partial charge in [-0.05, 0) is 0 Å². The number of aliphatic hydroxyl groups excluding tert-OH is 1. The van der Waals surface area contributed by atoms with Gasteiger partial charge in [-0.15, -0.1) is 6.58 Å². The molecule has 1 aromatic rings. The van der Waals surface area contributed by atoms with E-state index in [0.717, 1.165) is 0 Å². The van der Waals surface area contributed by atoms with E-state index in [2.05, 4.69) is 31.8 Å². The summed E-state index contributed by atoms with van der Waals surface area (Å²) in [7, 11) is -1.75. The van der Waals surface area contributed by atoms with Crippen LogP contribution in [0, 0.1) is 0 Å². The summed E-state index contributed by atoms with van der Waals surface area (Å²) >= 11 is 0. The number of aliphatic hydroxyl groups is 1. The molecular formula is C11H16OSi. The summed E-state index contributed by atoms with van der Waals surface area (Å²) < 4.78 is 0. The van der Waals surface area contributed by atoms with Crippen LogP contribution in [0.4, 0.5) is 0 Å². The molecule has 0 heterocycles. The van der Waals surface area contributed by atoms with Crippen molar-refractivity contribution in [2.24, 2.45) is 0 Å². The van der Waals surface area contributed by atoms with Crippen LogP contribution in [-0.4, -0.2) is 18.9 Å². The average Bonchev–Trinajstić information content (AvgIpc) is 2.18. The van der Waals surface area contributed by atoms with E-state index in [9.17, 15) is 5.11 Å². The molecule has 0 spiro atoms. The van der Waals surface area contributed by atoms with E-state index in [1.807, 2.05) is 18.2 Å². The van der Waals surface area contributed by atoms with Crippen molar-refractivity contribution in [2.45, 2.75) is 18.8 Å². The summed E-state index contributed by atoms with van der Waals surface area (Å²) in [6, 6.07) is 10.2. The summed E-state index contributed by atoms with van der Waals surface area (Å²) in [5, 5.41) is 11.0. The molecule has 1 aromatic carbocycles. The Morgan fingerprint density at radius 1 is 1.31 bits per heavy atom. The summed E-state index contributed by atoms with van der Waals surface area (Å²) in [6.45, 7) is 7.93. The van der Waals surface area contributed by atoms with Gasteiger partial charge in [0.25, 0.3) is 0 Å². The van der Waals surface area contributed by atoms with Gasteiger partial charge < -0.3 is 5.11 Å². The van der Waals surface area contributed by atoms with E-state index in [1.165, 1.54) is 5.19 Å². The van der Waals surface area contributed by atoms with Crippen molar-refractivity contribution in [1.29, 1.82) is 0 Å². The molecule has 0 bridgehead atoms. The normalized spacial score (nSPS) is 13.8. The third-order valence-corrected chi connectivity index (χ3v) is 6.02. The lowest BCUT2D eigenvalue weighted by Crippen LogP contribution is -2.51. The molecule has 1 rings (SSSR count). The molecule has 0 aliphatic carbocycles. The van der Waals surface area contributed by atoms with Crippen molar-refractivity contribution in [1.82, 2.24) is 0 Å². The first-order valence-electron chi connectivity index (χ1n) is 4.45. The molecule has 13 heavy (non-hydrogen) atoms. The Labute approximate surface area is 80.7 Å². The maximum atomic E-state index is 9.78. The lowest BCUT2D eigenvalue weighted by Gasteiger charge is -2.26. The Morgan fingerprint density at radius 3 is 2.31 bits per heavy atom. The summed E-state index contributed by atoms with van der Waals surface area (Å²) in [6.07, 6.45) is 1.64. The SMILES string of the molecule is C=CC(O)[Si](C)(C)c1ccccc1. The van der Waals surface area contributed by atoms with Crippen LogP contribution in [0.1, 0.15) is 0 Å². The molecule has 0 fully saturated rings. The van der Waals surface area contributed by atoms with E-state index in [0.29, 0.717) is 0 Å². The van der Waals surface area contributed by atoms with Gasteiger partial charge in [-0.3, -0.25) is 0 Å². The van der Waals surface area contributed by atoms with Crippen molar-refractivity contribution in [3.63, 3.8) is 0 Å².